The highest BCUT2D eigenvalue weighted by atomic mass is 14.3. The lowest BCUT2D eigenvalue weighted by molar-refractivity contribution is 0.363. The Morgan fingerprint density at radius 1 is 1.29 bits per heavy atom. The number of benzene rings is 1. The number of hydrogen-bond donors (Lipinski definition) is 0. The third kappa shape index (κ3) is 1.58. The monoisotopic (exact) mass is 188 g/mol. The van der Waals surface area contributed by atoms with Gasteiger partial charge in [0.15, 0.2) is 0 Å². The van der Waals surface area contributed by atoms with Gasteiger partial charge in [0.2, 0.25) is 0 Å². The minimum absolute atomic E-state index is 0.462. The largest absolute Gasteiger partial charge is 0.0654 e. The van der Waals surface area contributed by atoms with Crippen LogP contribution in [0.5, 0.6) is 0 Å². The summed E-state index contributed by atoms with van der Waals surface area (Å²) >= 11 is 0. The Bertz CT molecular complexity index is 314. The van der Waals surface area contributed by atoms with Gasteiger partial charge in [-0.2, -0.15) is 0 Å². The zero-order chi connectivity index (χ0) is 10.0. The van der Waals surface area contributed by atoms with E-state index in [1.54, 1.807) is 11.1 Å². The van der Waals surface area contributed by atoms with E-state index in [2.05, 4.69) is 38.1 Å². The maximum atomic E-state index is 2.44. The van der Waals surface area contributed by atoms with E-state index in [1.807, 2.05) is 0 Å². The van der Waals surface area contributed by atoms with Gasteiger partial charge in [0, 0.05) is 0 Å². The zero-order valence-electron chi connectivity index (χ0n) is 9.34. The maximum absolute atomic E-state index is 2.44. The lowest BCUT2D eigenvalue weighted by atomic mass is 9.69. The molecule has 0 heteroatoms. The van der Waals surface area contributed by atoms with Gasteiger partial charge in [-0.25, -0.2) is 0 Å². The van der Waals surface area contributed by atoms with Gasteiger partial charge >= 0.3 is 0 Å². The molecule has 0 aromatic heterocycles. The second-order valence-corrected chi connectivity index (χ2v) is 4.82. The molecule has 1 aliphatic rings. The highest BCUT2D eigenvalue weighted by Crippen LogP contribution is 2.40. The third-order valence-corrected chi connectivity index (χ3v) is 3.64. The van der Waals surface area contributed by atoms with Gasteiger partial charge in [0.05, 0.1) is 0 Å². The van der Waals surface area contributed by atoms with Crippen molar-refractivity contribution in [1.29, 1.82) is 0 Å². The Morgan fingerprint density at radius 2 is 2.07 bits per heavy atom. The molecule has 1 aromatic rings. The molecule has 0 radical (unpaired) electrons. The predicted molar refractivity (Wildman–Crippen MR) is 61.6 cm³/mol. The first-order chi connectivity index (χ1) is 6.76. The van der Waals surface area contributed by atoms with E-state index in [9.17, 15) is 0 Å². The summed E-state index contributed by atoms with van der Waals surface area (Å²) < 4.78 is 0. The average Bonchev–Trinajstić information content (AvgIpc) is 2.19. The highest BCUT2D eigenvalue weighted by molar-refractivity contribution is 5.36. The van der Waals surface area contributed by atoms with Crippen LogP contribution in [0.25, 0.3) is 0 Å². The van der Waals surface area contributed by atoms with Gasteiger partial charge in [-0.15, -0.1) is 0 Å². The summed E-state index contributed by atoms with van der Waals surface area (Å²) in [6, 6.07) is 9.02. The molecule has 2 rings (SSSR count). The van der Waals surface area contributed by atoms with E-state index >= 15 is 0 Å². The predicted octanol–water partition coefficient (Wildman–Crippen LogP) is 4.08. The van der Waals surface area contributed by atoms with Crippen molar-refractivity contribution < 1.29 is 0 Å². The molecular weight excluding hydrogens is 168 g/mol. The van der Waals surface area contributed by atoms with Gasteiger partial charge in [0.1, 0.15) is 0 Å². The van der Waals surface area contributed by atoms with E-state index in [4.69, 9.17) is 0 Å². The zero-order valence-corrected chi connectivity index (χ0v) is 9.34. The van der Waals surface area contributed by atoms with Gasteiger partial charge < -0.3 is 0 Å². The standard InChI is InChI=1S/C14H20/c1-3-10-14(2)11-6-8-12-7-4-5-9-13(12)14/h4-5,7,9H,3,6,8,10-11H2,1-2H3. The number of fused-ring (bicyclic) bond motifs is 1. The maximum Gasteiger partial charge on any atom is -0.00725 e. The van der Waals surface area contributed by atoms with Crippen LogP contribution in [0.3, 0.4) is 0 Å². The molecule has 0 saturated carbocycles. The van der Waals surface area contributed by atoms with Crippen molar-refractivity contribution in [2.24, 2.45) is 0 Å². The van der Waals surface area contributed by atoms with Crippen LogP contribution in [0.1, 0.15) is 50.7 Å². The Labute approximate surface area is 87.3 Å². The normalized spacial score (nSPS) is 25.9. The molecule has 0 spiro atoms. The second-order valence-electron chi connectivity index (χ2n) is 4.82. The second kappa shape index (κ2) is 3.76. The van der Waals surface area contributed by atoms with Crippen molar-refractivity contribution in [1.82, 2.24) is 0 Å². The summed E-state index contributed by atoms with van der Waals surface area (Å²) in [5, 5.41) is 0. The Kier molecular flexibility index (Phi) is 2.62. The number of aryl methyl sites for hydroxylation is 1. The summed E-state index contributed by atoms with van der Waals surface area (Å²) in [5.41, 5.74) is 3.67. The average molecular weight is 188 g/mol. The van der Waals surface area contributed by atoms with Crippen LogP contribution < -0.4 is 0 Å². The van der Waals surface area contributed by atoms with Gasteiger partial charge in [-0.1, -0.05) is 44.5 Å². The van der Waals surface area contributed by atoms with Crippen LogP contribution in [0, 0.1) is 0 Å². The topological polar surface area (TPSA) is 0 Å². The van der Waals surface area contributed by atoms with E-state index in [1.165, 1.54) is 32.1 Å². The number of rotatable bonds is 2. The molecule has 0 fully saturated rings. The fourth-order valence-corrected chi connectivity index (χ4v) is 2.94. The fourth-order valence-electron chi connectivity index (χ4n) is 2.94. The molecule has 1 aliphatic carbocycles. The first kappa shape index (κ1) is 9.76. The number of hydrogen-bond acceptors (Lipinski definition) is 0. The molecule has 0 amide bonds. The quantitative estimate of drug-likeness (QED) is 0.656. The SMILES string of the molecule is CCCC1(C)CCCc2ccccc21. The van der Waals surface area contributed by atoms with Crippen LogP contribution in [0.4, 0.5) is 0 Å². The Morgan fingerprint density at radius 3 is 2.86 bits per heavy atom. The van der Waals surface area contributed by atoms with Crippen LogP contribution in [0.15, 0.2) is 24.3 Å². The van der Waals surface area contributed by atoms with Gasteiger partial charge in [-0.05, 0) is 42.2 Å². The van der Waals surface area contributed by atoms with Crippen LogP contribution in [0.2, 0.25) is 0 Å². The smallest absolute Gasteiger partial charge is 0.00725 e. The lowest BCUT2D eigenvalue weighted by Gasteiger charge is -2.36. The molecular formula is C14H20. The van der Waals surface area contributed by atoms with E-state index in [-0.39, 0.29) is 0 Å². The molecule has 0 N–H and O–H groups in total. The van der Waals surface area contributed by atoms with Crippen molar-refractivity contribution >= 4 is 0 Å². The van der Waals surface area contributed by atoms with Crippen molar-refractivity contribution in [3.8, 4) is 0 Å². The van der Waals surface area contributed by atoms with Crippen molar-refractivity contribution in [2.45, 2.75) is 51.4 Å². The Balaban J connectivity index is 2.39. The highest BCUT2D eigenvalue weighted by Gasteiger charge is 2.30. The molecule has 0 bridgehead atoms. The Hall–Kier alpha value is -0.780. The molecule has 1 unspecified atom stereocenters. The van der Waals surface area contributed by atoms with Gasteiger partial charge in [0.25, 0.3) is 0 Å². The molecule has 1 aromatic carbocycles. The van der Waals surface area contributed by atoms with Crippen LogP contribution in [-0.4, -0.2) is 0 Å². The lowest BCUT2D eigenvalue weighted by Crippen LogP contribution is -2.27. The van der Waals surface area contributed by atoms with E-state index in [0.29, 0.717) is 5.41 Å². The first-order valence-electron chi connectivity index (χ1n) is 5.85. The summed E-state index contributed by atoms with van der Waals surface area (Å²) in [7, 11) is 0. The fraction of sp³-hybridized carbons (Fsp3) is 0.571. The summed E-state index contributed by atoms with van der Waals surface area (Å²) in [6.45, 7) is 4.73. The summed E-state index contributed by atoms with van der Waals surface area (Å²) in [4.78, 5) is 0. The van der Waals surface area contributed by atoms with E-state index in [0.717, 1.165) is 0 Å². The summed E-state index contributed by atoms with van der Waals surface area (Å²) in [5.74, 6) is 0. The van der Waals surface area contributed by atoms with Crippen molar-refractivity contribution in [3.63, 3.8) is 0 Å². The molecule has 0 heterocycles. The van der Waals surface area contributed by atoms with Gasteiger partial charge in [-0.3, -0.25) is 0 Å². The molecule has 76 valence electrons. The minimum atomic E-state index is 0.462. The molecule has 0 nitrogen and oxygen atoms in total. The molecule has 0 saturated heterocycles. The minimum Gasteiger partial charge on any atom is -0.0654 e. The van der Waals surface area contributed by atoms with Crippen molar-refractivity contribution in [3.05, 3.63) is 35.4 Å². The molecule has 14 heavy (non-hydrogen) atoms. The van der Waals surface area contributed by atoms with Crippen LogP contribution >= 0.6 is 0 Å². The van der Waals surface area contributed by atoms with Crippen molar-refractivity contribution in [2.75, 3.05) is 0 Å². The third-order valence-electron chi connectivity index (χ3n) is 3.64. The molecule has 0 aliphatic heterocycles. The van der Waals surface area contributed by atoms with E-state index < -0.39 is 0 Å². The summed E-state index contributed by atoms with van der Waals surface area (Å²) in [6.07, 6.45) is 6.66. The first-order valence-corrected chi connectivity index (χ1v) is 5.85. The molecule has 1 atom stereocenters. The van der Waals surface area contributed by atoms with Crippen LogP contribution in [-0.2, 0) is 11.8 Å².